The third-order valence-corrected chi connectivity index (χ3v) is 6.58. The highest BCUT2D eigenvalue weighted by atomic mass is 32.1. The van der Waals surface area contributed by atoms with Crippen LogP contribution in [-0.2, 0) is 28.8 Å². The first kappa shape index (κ1) is 23.8. The summed E-state index contributed by atoms with van der Waals surface area (Å²) in [6.07, 6.45) is -4.40. The van der Waals surface area contributed by atoms with Crippen LogP contribution < -0.4 is 15.4 Å². The second-order valence-corrected chi connectivity index (χ2v) is 8.98. The number of halogens is 3. The third-order valence-electron chi connectivity index (χ3n) is 5.43. The fourth-order valence-corrected chi connectivity index (χ4v) is 4.84. The number of alkyl halides is 3. The van der Waals surface area contributed by atoms with E-state index in [1.165, 1.54) is 11.0 Å². The minimum atomic E-state index is -4.47. The number of rotatable bonds is 7. The molecule has 178 valence electrons. The van der Waals surface area contributed by atoms with Crippen molar-refractivity contribution in [1.29, 1.82) is 0 Å². The summed E-state index contributed by atoms with van der Waals surface area (Å²) in [5.74, 6) is -1.16. The van der Waals surface area contributed by atoms with Crippen molar-refractivity contribution in [3.05, 3.63) is 69.9 Å². The number of amides is 1. The van der Waals surface area contributed by atoms with Gasteiger partial charge in [-0.3, -0.25) is 9.59 Å². The molecule has 2 heterocycles. The first-order valence-electron chi connectivity index (χ1n) is 10.4. The summed E-state index contributed by atoms with van der Waals surface area (Å²) in [6.45, 7) is 0.330. The molecule has 0 saturated carbocycles. The van der Waals surface area contributed by atoms with E-state index in [9.17, 15) is 22.8 Å². The molecule has 6 nitrogen and oxygen atoms in total. The molecule has 0 fully saturated rings. The van der Waals surface area contributed by atoms with E-state index < -0.39 is 35.4 Å². The minimum absolute atomic E-state index is 0.0362. The Labute approximate surface area is 197 Å². The molecule has 0 saturated heterocycles. The van der Waals surface area contributed by atoms with Crippen molar-refractivity contribution in [2.24, 2.45) is 5.73 Å². The average Bonchev–Trinajstić information content (AvgIpc) is 3.41. The lowest BCUT2D eigenvalue weighted by atomic mass is 10.1. The summed E-state index contributed by atoms with van der Waals surface area (Å²) in [4.78, 5) is 24.5. The van der Waals surface area contributed by atoms with Crippen LogP contribution in [0.5, 0.6) is 5.75 Å². The quantitative estimate of drug-likeness (QED) is 0.501. The number of thiophene rings is 1. The maximum Gasteiger partial charge on any atom is 0.426 e. The van der Waals surface area contributed by atoms with Gasteiger partial charge in [0.15, 0.2) is 0 Å². The van der Waals surface area contributed by atoms with Gasteiger partial charge >= 0.3 is 12.1 Å². The van der Waals surface area contributed by atoms with E-state index in [1.54, 1.807) is 48.5 Å². The van der Waals surface area contributed by atoms with Crippen LogP contribution in [0.4, 0.5) is 18.9 Å². The van der Waals surface area contributed by atoms with E-state index in [0.29, 0.717) is 46.2 Å². The molecule has 0 spiro atoms. The maximum atomic E-state index is 13.6. The van der Waals surface area contributed by atoms with Gasteiger partial charge in [0.2, 0.25) is 5.91 Å². The Morgan fingerprint density at radius 2 is 1.88 bits per heavy atom. The number of hydrogen-bond acceptors (Lipinski definition) is 5. The van der Waals surface area contributed by atoms with Gasteiger partial charge in [0.05, 0.1) is 12.5 Å². The molecule has 1 aliphatic heterocycles. The fraction of sp³-hybridized carbons (Fsp3) is 0.250. The molecule has 1 aromatic heterocycles. The number of carbonyl (C=O) groups excluding carboxylic acids is 1. The molecule has 2 aromatic carbocycles. The van der Waals surface area contributed by atoms with Crippen molar-refractivity contribution in [1.82, 2.24) is 0 Å². The molecule has 3 N–H and O–H groups in total. The lowest BCUT2D eigenvalue weighted by Gasteiger charge is -2.20. The zero-order chi connectivity index (χ0) is 24.5. The first-order chi connectivity index (χ1) is 16.1. The number of nitrogens with two attached hydrogens (primary N) is 1. The number of aliphatic carboxylic acids is 1. The van der Waals surface area contributed by atoms with Crippen molar-refractivity contribution in [2.45, 2.75) is 31.7 Å². The van der Waals surface area contributed by atoms with Gasteiger partial charge in [-0.2, -0.15) is 13.2 Å². The lowest BCUT2D eigenvalue weighted by Crippen LogP contribution is -2.44. The Kier molecular flexibility index (Phi) is 6.63. The van der Waals surface area contributed by atoms with Crippen LogP contribution in [0.25, 0.3) is 11.1 Å². The van der Waals surface area contributed by atoms with Crippen LogP contribution in [0.2, 0.25) is 0 Å². The molecule has 1 amide bonds. The summed E-state index contributed by atoms with van der Waals surface area (Å²) in [5.41, 5.74) is 7.76. The van der Waals surface area contributed by atoms with Gasteiger partial charge in [-0.25, -0.2) is 0 Å². The second-order valence-electron chi connectivity index (χ2n) is 7.84. The van der Waals surface area contributed by atoms with Crippen LogP contribution in [0.15, 0.2) is 54.6 Å². The Hall–Kier alpha value is -3.37. The van der Waals surface area contributed by atoms with Gasteiger partial charge in [-0.05, 0) is 41.8 Å². The highest BCUT2D eigenvalue weighted by molar-refractivity contribution is 7.12. The van der Waals surface area contributed by atoms with Crippen molar-refractivity contribution < 1.29 is 32.6 Å². The van der Waals surface area contributed by atoms with E-state index in [2.05, 4.69) is 0 Å². The maximum absolute atomic E-state index is 13.6. The van der Waals surface area contributed by atoms with E-state index in [1.807, 2.05) is 0 Å². The number of anilines is 1. The summed E-state index contributed by atoms with van der Waals surface area (Å²) >= 11 is 0.654. The Bertz CT molecular complexity index is 1210. The lowest BCUT2D eigenvalue weighted by molar-refractivity contribution is -0.139. The average molecular weight is 491 g/mol. The summed E-state index contributed by atoms with van der Waals surface area (Å²) in [5, 5.41) is 8.86. The second kappa shape index (κ2) is 9.47. The number of fused-ring (bicyclic) bond motifs is 1. The molecular formula is C24H21F3N2O4S. The summed E-state index contributed by atoms with van der Waals surface area (Å²) < 4.78 is 46.5. The van der Waals surface area contributed by atoms with Crippen LogP contribution in [-0.4, -0.2) is 29.6 Å². The normalized spacial score (nSPS) is 14.1. The Morgan fingerprint density at radius 1 is 1.15 bits per heavy atom. The van der Waals surface area contributed by atoms with Crippen molar-refractivity contribution in [2.75, 3.05) is 11.4 Å². The number of benzene rings is 2. The van der Waals surface area contributed by atoms with Gasteiger partial charge in [0.1, 0.15) is 17.2 Å². The van der Waals surface area contributed by atoms with Gasteiger partial charge in [0, 0.05) is 22.7 Å². The van der Waals surface area contributed by atoms with Gasteiger partial charge < -0.3 is 20.5 Å². The predicted molar refractivity (Wildman–Crippen MR) is 122 cm³/mol. The highest BCUT2D eigenvalue weighted by Gasteiger charge is 2.36. The van der Waals surface area contributed by atoms with Crippen LogP contribution in [0.1, 0.15) is 21.7 Å². The number of nitrogens with zero attached hydrogens (tertiary/aromatic N) is 1. The molecule has 10 heteroatoms. The molecule has 34 heavy (non-hydrogen) atoms. The smallest absolute Gasteiger partial charge is 0.426 e. The third kappa shape index (κ3) is 5.07. The van der Waals surface area contributed by atoms with Gasteiger partial charge in [-0.15, -0.1) is 11.3 Å². The zero-order valence-corrected chi connectivity index (χ0v) is 18.7. The van der Waals surface area contributed by atoms with E-state index in [4.69, 9.17) is 15.6 Å². The highest BCUT2D eigenvalue weighted by Crippen LogP contribution is 2.43. The standard InChI is InChI=1S/C24H21F3N2O4S/c25-24(26,27)22-18(14-4-2-1-3-5-14)11-17(34-22)13-33-16-6-7-20-15(10-16)8-9-29(20)23(32)19(28)12-21(30)31/h1-7,10-11,19H,8-9,12-13,28H2,(H,30,31)/t19-/m1/s1. The minimum Gasteiger partial charge on any atom is -0.488 e. The predicted octanol–water partition coefficient (Wildman–Crippen LogP) is 4.70. The monoisotopic (exact) mass is 490 g/mol. The number of carboxylic acids is 1. The topological polar surface area (TPSA) is 92.9 Å². The molecule has 0 aliphatic carbocycles. The Balaban J connectivity index is 1.49. The number of carbonyl (C=O) groups is 2. The Morgan fingerprint density at radius 3 is 2.56 bits per heavy atom. The molecule has 1 atom stereocenters. The van der Waals surface area contributed by atoms with Crippen LogP contribution in [0, 0.1) is 0 Å². The van der Waals surface area contributed by atoms with E-state index in [-0.39, 0.29) is 12.2 Å². The molecule has 0 unspecified atom stereocenters. The molecule has 4 rings (SSSR count). The summed E-state index contributed by atoms with van der Waals surface area (Å²) in [7, 11) is 0. The molecular weight excluding hydrogens is 469 g/mol. The van der Waals surface area contributed by atoms with Gasteiger partial charge in [0.25, 0.3) is 0 Å². The first-order valence-corrected chi connectivity index (χ1v) is 11.2. The van der Waals surface area contributed by atoms with Gasteiger partial charge in [-0.1, -0.05) is 30.3 Å². The number of hydrogen-bond donors (Lipinski definition) is 2. The molecule has 1 aliphatic rings. The largest absolute Gasteiger partial charge is 0.488 e. The SMILES string of the molecule is N[C@H](CC(=O)O)C(=O)N1CCc2cc(OCc3cc(-c4ccccc4)c(C(F)(F)F)s3)ccc21. The molecule has 3 aromatic rings. The molecule has 0 radical (unpaired) electrons. The van der Waals surface area contributed by atoms with Crippen LogP contribution in [0.3, 0.4) is 0 Å². The fourth-order valence-electron chi connectivity index (χ4n) is 3.88. The van der Waals surface area contributed by atoms with Crippen molar-refractivity contribution in [3.8, 4) is 16.9 Å². The van der Waals surface area contributed by atoms with E-state index >= 15 is 0 Å². The summed E-state index contributed by atoms with van der Waals surface area (Å²) in [6, 6.07) is 13.8. The van der Waals surface area contributed by atoms with Crippen LogP contribution >= 0.6 is 11.3 Å². The number of ether oxygens (including phenoxy) is 1. The van der Waals surface area contributed by atoms with E-state index in [0.717, 1.165) is 5.56 Å². The van der Waals surface area contributed by atoms with Crippen molar-refractivity contribution >= 4 is 28.9 Å². The van der Waals surface area contributed by atoms with Crippen molar-refractivity contribution in [3.63, 3.8) is 0 Å². The number of carboxylic acid groups (broad SMARTS) is 1. The molecule has 0 bridgehead atoms. The zero-order valence-electron chi connectivity index (χ0n) is 17.8.